The van der Waals surface area contributed by atoms with Gasteiger partial charge in [-0.25, -0.2) is 0 Å². The van der Waals surface area contributed by atoms with E-state index in [2.05, 4.69) is 0 Å². The molecule has 16 nitrogen and oxygen atoms in total. The molecule has 1 aliphatic carbocycles. The molecule has 1 fully saturated rings. The van der Waals surface area contributed by atoms with E-state index in [0.717, 1.165) is 26.0 Å². The predicted octanol–water partition coefficient (Wildman–Crippen LogP) is -6.86. The SMILES string of the molecule is CC(C)C(O)(O)C(O)(N(C(O)(O)O)C(O)(O)O)C1(c2ccc(Cl)cc2)C(O)(O)C(O)(O)C1(O)O. The van der Waals surface area contributed by atoms with E-state index < -0.39 is 62.9 Å². The summed E-state index contributed by atoms with van der Waals surface area (Å²) in [6.45, 7) is 1.63. The number of benzene rings is 1. The summed E-state index contributed by atoms with van der Waals surface area (Å²) in [5.41, 5.74) is -10.4. The van der Waals surface area contributed by atoms with Crippen molar-refractivity contribution in [2.75, 3.05) is 0 Å². The third kappa shape index (κ3) is 3.19. The smallest absolute Gasteiger partial charge is 0.354 e. The predicted molar refractivity (Wildman–Crippen MR) is 102 cm³/mol. The zero-order chi connectivity index (χ0) is 27.1. The van der Waals surface area contributed by atoms with Crippen LogP contribution >= 0.6 is 11.6 Å². The van der Waals surface area contributed by atoms with Crippen LogP contribution in [0.2, 0.25) is 5.02 Å². The van der Waals surface area contributed by atoms with Crippen LogP contribution in [0.3, 0.4) is 0 Å². The summed E-state index contributed by atoms with van der Waals surface area (Å²) in [5.74, 6) is -19.9. The summed E-state index contributed by atoms with van der Waals surface area (Å²) in [5, 5.41) is 154. The molecule has 0 radical (unpaired) electrons. The minimum absolute atomic E-state index is 0.148. The normalized spacial score (nSPS) is 23.5. The van der Waals surface area contributed by atoms with E-state index in [1.807, 2.05) is 0 Å². The van der Waals surface area contributed by atoms with Gasteiger partial charge in [0.1, 0.15) is 0 Å². The van der Waals surface area contributed by atoms with E-state index in [9.17, 15) is 76.6 Å². The Morgan fingerprint density at radius 3 is 1.32 bits per heavy atom. The molecule has 1 aromatic rings. The molecule has 34 heavy (non-hydrogen) atoms. The number of rotatable bonds is 7. The van der Waals surface area contributed by atoms with Crippen molar-refractivity contribution in [1.82, 2.24) is 4.90 Å². The third-order valence-electron chi connectivity index (χ3n) is 6.06. The zero-order valence-corrected chi connectivity index (χ0v) is 18.2. The standard InChI is InChI=1S/C17H26ClNO15/c1-7(2)11(20,21)12(22,19(16(29,30)31)17(32,33)34)10(8-3-5-9(18)6-4-8)13(23,24)15(27,28)14(10,25)26/h3-7,20-34H,1-2H3. The summed E-state index contributed by atoms with van der Waals surface area (Å²) < 4.78 is 0. The molecule has 1 saturated carbocycles. The van der Waals surface area contributed by atoms with Crippen LogP contribution in [0.25, 0.3) is 0 Å². The van der Waals surface area contributed by atoms with Crippen LogP contribution in [0.5, 0.6) is 0 Å². The van der Waals surface area contributed by atoms with Crippen molar-refractivity contribution < 1.29 is 76.6 Å². The van der Waals surface area contributed by atoms with Crippen molar-refractivity contribution in [3.63, 3.8) is 0 Å². The van der Waals surface area contributed by atoms with Gasteiger partial charge in [-0.05, 0) is 17.7 Å². The van der Waals surface area contributed by atoms with Crippen molar-refractivity contribution in [2.24, 2.45) is 5.92 Å². The maximum Gasteiger partial charge on any atom is 0.354 e. The van der Waals surface area contributed by atoms with Gasteiger partial charge in [-0.1, -0.05) is 37.6 Å². The molecule has 0 aliphatic heterocycles. The van der Waals surface area contributed by atoms with Gasteiger partial charge in [0.15, 0.2) is 5.41 Å². The van der Waals surface area contributed by atoms with Crippen LogP contribution < -0.4 is 0 Å². The molecule has 0 saturated heterocycles. The summed E-state index contributed by atoms with van der Waals surface area (Å²) in [4.78, 5) is -1.58. The van der Waals surface area contributed by atoms with Crippen LogP contribution in [0, 0.1) is 5.92 Å². The second-order valence-electron chi connectivity index (χ2n) is 8.36. The van der Waals surface area contributed by atoms with Crippen LogP contribution in [-0.2, 0) is 5.41 Å². The van der Waals surface area contributed by atoms with Crippen molar-refractivity contribution in [1.29, 1.82) is 0 Å². The fourth-order valence-corrected chi connectivity index (χ4v) is 4.51. The molecular weight excluding hydrogens is 494 g/mol. The summed E-state index contributed by atoms with van der Waals surface area (Å²) >= 11 is 5.72. The van der Waals surface area contributed by atoms with Crippen molar-refractivity contribution in [3.8, 4) is 0 Å². The van der Waals surface area contributed by atoms with Gasteiger partial charge in [0.25, 0.3) is 5.79 Å². The molecule has 0 heterocycles. The monoisotopic (exact) mass is 519 g/mol. The van der Waals surface area contributed by atoms with Gasteiger partial charge in [0, 0.05) is 10.9 Å². The lowest BCUT2D eigenvalue weighted by Gasteiger charge is -2.74. The second kappa shape index (κ2) is 7.68. The average molecular weight is 520 g/mol. The van der Waals surface area contributed by atoms with Gasteiger partial charge < -0.3 is 76.6 Å². The average Bonchev–Trinajstić information content (AvgIpc) is 2.59. The molecule has 0 spiro atoms. The Balaban J connectivity index is 3.28. The molecule has 196 valence electrons. The minimum Gasteiger partial charge on any atom is -0.369 e. The Morgan fingerprint density at radius 2 is 1.03 bits per heavy atom. The molecule has 0 aromatic heterocycles. The highest BCUT2D eigenvalue weighted by molar-refractivity contribution is 6.30. The number of hydrogen-bond acceptors (Lipinski definition) is 16. The van der Waals surface area contributed by atoms with E-state index in [0.29, 0.717) is 12.1 Å². The maximum atomic E-state index is 11.6. The summed E-state index contributed by atoms with van der Waals surface area (Å²) in [7, 11) is 0. The lowest BCUT2D eigenvalue weighted by Crippen LogP contribution is -3.03. The van der Waals surface area contributed by atoms with E-state index in [1.165, 1.54) is 0 Å². The Bertz CT molecular complexity index is 886. The van der Waals surface area contributed by atoms with Crippen LogP contribution in [0.4, 0.5) is 0 Å². The number of hydrogen-bond donors (Lipinski definition) is 15. The fourth-order valence-electron chi connectivity index (χ4n) is 4.38. The fraction of sp³-hybridized carbons (Fsp3) is 0.647. The maximum absolute atomic E-state index is 11.6. The first-order valence-electron chi connectivity index (χ1n) is 9.23. The lowest BCUT2D eigenvalue weighted by molar-refractivity contribution is -0.638. The highest BCUT2D eigenvalue weighted by atomic mass is 35.5. The molecule has 2 rings (SSSR count). The summed E-state index contributed by atoms with van der Waals surface area (Å²) in [6.07, 6.45) is -9.93. The molecule has 15 N–H and O–H groups in total. The summed E-state index contributed by atoms with van der Waals surface area (Å²) in [6, 6.07) is 2.90. The highest BCUT2D eigenvalue weighted by Gasteiger charge is 2.99. The first-order chi connectivity index (χ1) is 14.8. The number of halogens is 1. The molecule has 1 atom stereocenters. The van der Waals surface area contributed by atoms with Gasteiger partial charge in [-0.2, -0.15) is 0 Å². The van der Waals surface area contributed by atoms with E-state index in [4.69, 9.17) is 11.6 Å². The molecular formula is C17H26ClNO15. The number of aliphatic hydroxyl groups is 15. The Morgan fingerprint density at radius 1 is 0.676 bits per heavy atom. The largest absolute Gasteiger partial charge is 0.369 e. The Labute approximate surface area is 194 Å². The molecule has 1 aromatic carbocycles. The van der Waals surface area contributed by atoms with Crippen LogP contribution in [0.15, 0.2) is 24.3 Å². The minimum atomic E-state index is -4.96. The van der Waals surface area contributed by atoms with Crippen LogP contribution in [0.1, 0.15) is 19.4 Å². The number of nitrogens with zero attached hydrogens (tertiary/aromatic N) is 1. The van der Waals surface area contributed by atoms with E-state index >= 15 is 0 Å². The molecule has 0 amide bonds. The van der Waals surface area contributed by atoms with Crippen LogP contribution in [-0.4, -0.2) is 123 Å². The molecule has 17 heteroatoms. The zero-order valence-electron chi connectivity index (χ0n) is 17.4. The van der Waals surface area contributed by atoms with Gasteiger partial charge in [-0.15, -0.1) is 4.90 Å². The molecule has 1 aliphatic rings. The quantitative estimate of drug-likeness (QED) is 0.149. The van der Waals surface area contributed by atoms with Gasteiger partial charge in [-0.3, -0.25) is 0 Å². The van der Waals surface area contributed by atoms with Crippen molar-refractivity contribution in [2.45, 2.75) is 60.3 Å². The van der Waals surface area contributed by atoms with Gasteiger partial charge in [0.05, 0.1) is 0 Å². The highest BCUT2D eigenvalue weighted by Crippen LogP contribution is 2.69. The van der Waals surface area contributed by atoms with Crippen molar-refractivity contribution in [3.05, 3.63) is 34.9 Å². The topological polar surface area (TPSA) is 307 Å². The Hall–Kier alpha value is -1.13. The van der Waals surface area contributed by atoms with Crippen molar-refractivity contribution >= 4 is 11.6 Å². The second-order valence-corrected chi connectivity index (χ2v) is 8.80. The van der Waals surface area contributed by atoms with Gasteiger partial charge >= 0.3 is 12.2 Å². The van der Waals surface area contributed by atoms with E-state index in [-0.39, 0.29) is 5.02 Å². The third-order valence-corrected chi connectivity index (χ3v) is 6.31. The molecule has 0 bridgehead atoms. The Kier molecular flexibility index (Phi) is 6.58. The lowest BCUT2D eigenvalue weighted by atomic mass is 9.44. The molecule has 1 unspecified atom stereocenters. The van der Waals surface area contributed by atoms with Gasteiger partial charge in [0.2, 0.25) is 23.1 Å². The first-order valence-corrected chi connectivity index (χ1v) is 9.61. The first kappa shape index (κ1) is 29.1. The van der Waals surface area contributed by atoms with E-state index in [1.54, 1.807) is 0 Å².